The normalized spacial score (nSPS) is 9.42. The first-order valence-electron chi connectivity index (χ1n) is 7.80. The lowest BCUT2D eigenvalue weighted by Crippen LogP contribution is -2.01. The fourth-order valence-electron chi connectivity index (χ4n) is 2.04. The van der Waals surface area contributed by atoms with Crippen LogP contribution in [0, 0.1) is 0 Å². The fourth-order valence-corrected chi connectivity index (χ4v) is 2.04. The monoisotopic (exact) mass is 350 g/mol. The minimum absolute atomic E-state index is 0.221. The van der Waals surface area contributed by atoms with E-state index in [0.29, 0.717) is 13.1 Å². The van der Waals surface area contributed by atoms with E-state index in [9.17, 15) is 4.79 Å². The van der Waals surface area contributed by atoms with Crippen molar-refractivity contribution in [1.82, 2.24) is 15.0 Å². The molecule has 0 saturated carbocycles. The lowest BCUT2D eigenvalue weighted by atomic mass is 10.2. The Kier molecular flexibility index (Phi) is 7.39. The maximum Gasteiger partial charge on any atom is 0.360 e. The number of hydrogen-bond donors (Lipinski definition) is 0. The van der Waals surface area contributed by atoms with Gasteiger partial charge in [-0.25, -0.2) is 9.48 Å². The molecule has 26 heavy (non-hydrogen) atoms. The van der Waals surface area contributed by atoms with Crippen molar-refractivity contribution >= 4 is 5.97 Å². The van der Waals surface area contributed by atoms with Gasteiger partial charge in [0.25, 0.3) is 0 Å². The van der Waals surface area contributed by atoms with Crippen molar-refractivity contribution in [2.24, 2.45) is 5.11 Å². The molecule has 8 nitrogen and oxygen atoms in total. The van der Waals surface area contributed by atoms with Crippen LogP contribution < -0.4 is 0 Å². The van der Waals surface area contributed by atoms with Crippen molar-refractivity contribution in [2.45, 2.75) is 13.1 Å². The Bertz CT molecular complexity index is 858. The molecule has 0 fully saturated rings. The van der Waals surface area contributed by atoms with Crippen LogP contribution in [0.3, 0.4) is 0 Å². The predicted octanol–water partition coefficient (Wildman–Crippen LogP) is 3.61. The first-order chi connectivity index (χ1) is 12.7. The van der Waals surface area contributed by atoms with Crippen LogP contribution in [-0.2, 0) is 17.8 Å². The van der Waals surface area contributed by atoms with Gasteiger partial charge in [-0.1, -0.05) is 71.0 Å². The second-order valence-electron chi connectivity index (χ2n) is 5.15. The van der Waals surface area contributed by atoms with E-state index >= 15 is 0 Å². The Morgan fingerprint density at radius 1 is 1.12 bits per heavy atom. The lowest BCUT2D eigenvalue weighted by molar-refractivity contribution is 0.0594. The average molecular weight is 350 g/mol. The van der Waals surface area contributed by atoms with Gasteiger partial charge in [-0.15, -0.1) is 5.10 Å². The zero-order valence-corrected chi connectivity index (χ0v) is 14.3. The van der Waals surface area contributed by atoms with Gasteiger partial charge in [-0.3, -0.25) is 0 Å². The largest absolute Gasteiger partial charge is 0.464 e. The molecule has 132 valence electrons. The van der Waals surface area contributed by atoms with Crippen molar-refractivity contribution < 1.29 is 9.53 Å². The molecule has 2 aromatic carbocycles. The summed E-state index contributed by atoms with van der Waals surface area (Å²) in [4.78, 5) is 13.8. The molecule has 3 rings (SSSR count). The lowest BCUT2D eigenvalue weighted by Gasteiger charge is -1.99. The van der Waals surface area contributed by atoms with Crippen LogP contribution in [0.4, 0.5) is 0 Å². The maximum absolute atomic E-state index is 11.1. The molecular formula is C18H18N6O2. The number of carbonyl (C=O) groups excluding carboxylic acids is 1. The number of hydrogen-bond acceptors (Lipinski definition) is 5. The Hall–Kier alpha value is -3.64. The second kappa shape index (κ2) is 10.3. The van der Waals surface area contributed by atoms with Gasteiger partial charge in [0.1, 0.15) is 0 Å². The summed E-state index contributed by atoms with van der Waals surface area (Å²) >= 11 is 0. The van der Waals surface area contributed by atoms with E-state index in [1.807, 2.05) is 60.7 Å². The fraction of sp³-hybridized carbons (Fsp3) is 0.167. The standard InChI is InChI=1S/C11H11N3O2.C7H7N3/c1-16-11(15)10-8-14(13-12-10)7-9-5-3-2-4-6-9;8-10-9-6-7-4-2-1-3-5-7/h2-6,8H,7H2,1H3;1-5H,6H2. The molecule has 0 saturated heterocycles. The van der Waals surface area contributed by atoms with Crippen LogP contribution in [0.1, 0.15) is 21.6 Å². The van der Waals surface area contributed by atoms with Crippen molar-refractivity contribution in [2.75, 3.05) is 7.11 Å². The van der Waals surface area contributed by atoms with Crippen LogP contribution in [0.15, 0.2) is 72.0 Å². The van der Waals surface area contributed by atoms with E-state index in [1.165, 1.54) is 7.11 Å². The molecule has 0 atom stereocenters. The number of carbonyl (C=O) groups is 1. The van der Waals surface area contributed by atoms with Gasteiger partial charge in [0.05, 0.1) is 26.4 Å². The zero-order valence-electron chi connectivity index (χ0n) is 14.3. The zero-order chi connectivity index (χ0) is 18.6. The Balaban J connectivity index is 0.000000209. The molecule has 0 aliphatic carbocycles. The van der Waals surface area contributed by atoms with Gasteiger partial charge >= 0.3 is 5.97 Å². The van der Waals surface area contributed by atoms with Crippen molar-refractivity contribution in [1.29, 1.82) is 0 Å². The molecule has 0 aliphatic rings. The van der Waals surface area contributed by atoms with Crippen molar-refractivity contribution in [3.05, 3.63) is 94.1 Å². The molecule has 0 radical (unpaired) electrons. The molecule has 0 bridgehead atoms. The van der Waals surface area contributed by atoms with Crippen LogP contribution in [0.25, 0.3) is 10.4 Å². The highest BCUT2D eigenvalue weighted by Gasteiger charge is 2.10. The summed E-state index contributed by atoms with van der Waals surface area (Å²) in [7, 11) is 1.32. The smallest absolute Gasteiger partial charge is 0.360 e. The number of ether oxygens (including phenoxy) is 1. The number of nitrogens with zero attached hydrogens (tertiary/aromatic N) is 6. The number of methoxy groups -OCH3 is 1. The first-order valence-corrected chi connectivity index (χ1v) is 7.80. The minimum atomic E-state index is -0.473. The number of azide groups is 1. The molecule has 0 aliphatic heterocycles. The Morgan fingerprint density at radius 2 is 1.73 bits per heavy atom. The molecule has 0 unspecified atom stereocenters. The minimum Gasteiger partial charge on any atom is -0.464 e. The summed E-state index contributed by atoms with van der Waals surface area (Å²) in [6, 6.07) is 19.4. The van der Waals surface area contributed by atoms with Gasteiger partial charge in [0, 0.05) is 4.91 Å². The Labute approximate surface area is 150 Å². The number of rotatable bonds is 5. The van der Waals surface area contributed by atoms with Gasteiger partial charge in [0.15, 0.2) is 5.69 Å². The highest BCUT2D eigenvalue weighted by molar-refractivity contribution is 5.86. The van der Waals surface area contributed by atoms with Gasteiger partial charge in [-0.05, 0) is 16.7 Å². The van der Waals surface area contributed by atoms with Crippen molar-refractivity contribution in [3.8, 4) is 0 Å². The van der Waals surface area contributed by atoms with Crippen LogP contribution in [-0.4, -0.2) is 28.1 Å². The quantitative estimate of drug-likeness (QED) is 0.303. The Morgan fingerprint density at radius 3 is 2.31 bits per heavy atom. The predicted molar refractivity (Wildman–Crippen MR) is 96.2 cm³/mol. The van der Waals surface area contributed by atoms with Crippen LogP contribution in [0.5, 0.6) is 0 Å². The summed E-state index contributed by atoms with van der Waals surface area (Å²) in [5.41, 5.74) is 10.3. The van der Waals surface area contributed by atoms with Gasteiger partial charge in [-0.2, -0.15) is 0 Å². The summed E-state index contributed by atoms with van der Waals surface area (Å²) < 4.78 is 6.14. The van der Waals surface area contributed by atoms with Crippen molar-refractivity contribution in [3.63, 3.8) is 0 Å². The van der Waals surface area contributed by atoms with E-state index in [-0.39, 0.29) is 5.69 Å². The average Bonchev–Trinajstić information content (AvgIpc) is 3.16. The molecule has 0 amide bonds. The third-order valence-electron chi connectivity index (χ3n) is 3.28. The van der Waals surface area contributed by atoms with Gasteiger partial charge in [0.2, 0.25) is 0 Å². The molecule has 0 N–H and O–H groups in total. The second-order valence-corrected chi connectivity index (χ2v) is 5.15. The van der Waals surface area contributed by atoms with E-state index < -0.39 is 5.97 Å². The number of benzene rings is 2. The summed E-state index contributed by atoms with van der Waals surface area (Å²) in [5, 5.41) is 11.0. The summed E-state index contributed by atoms with van der Waals surface area (Å²) in [6.45, 7) is 1.03. The summed E-state index contributed by atoms with van der Waals surface area (Å²) in [6.07, 6.45) is 1.57. The van der Waals surface area contributed by atoms with E-state index in [0.717, 1.165) is 11.1 Å². The third-order valence-corrected chi connectivity index (χ3v) is 3.28. The molecule has 1 aromatic heterocycles. The highest BCUT2D eigenvalue weighted by Crippen LogP contribution is 2.02. The SMILES string of the molecule is COC(=O)c1cn(Cc2ccccc2)nn1.[N-]=[N+]=NCc1ccccc1. The van der Waals surface area contributed by atoms with Gasteiger partial charge < -0.3 is 4.74 Å². The molecule has 3 aromatic rings. The van der Waals surface area contributed by atoms with E-state index in [1.54, 1.807) is 10.9 Å². The molecular weight excluding hydrogens is 332 g/mol. The maximum atomic E-state index is 11.1. The molecule has 1 heterocycles. The highest BCUT2D eigenvalue weighted by atomic mass is 16.5. The number of aromatic nitrogens is 3. The molecule has 0 spiro atoms. The first kappa shape index (κ1) is 18.7. The molecule has 8 heteroatoms. The van der Waals surface area contributed by atoms with E-state index in [4.69, 9.17) is 5.53 Å². The summed E-state index contributed by atoms with van der Waals surface area (Å²) in [5.74, 6) is -0.473. The number of esters is 1. The topological polar surface area (TPSA) is 106 Å². The van der Waals surface area contributed by atoms with Crippen LogP contribution >= 0.6 is 0 Å². The van der Waals surface area contributed by atoms with Crippen LogP contribution in [0.2, 0.25) is 0 Å². The third kappa shape index (κ3) is 6.10. The van der Waals surface area contributed by atoms with E-state index in [2.05, 4.69) is 25.1 Å².